The first kappa shape index (κ1) is 13.9. The summed E-state index contributed by atoms with van der Waals surface area (Å²) in [5.41, 5.74) is 3.33. The largest absolute Gasteiger partial charge is 0.371 e. The van der Waals surface area contributed by atoms with Gasteiger partial charge in [0.2, 0.25) is 5.91 Å². The Bertz CT molecular complexity index is 660. The smallest absolute Gasteiger partial charge is 0.222 e. The molecule has 0 atom stereocenters. The van der Waals surface area contributed by atoms with Crippen LogP contribution in [0.3, 0.4) is 0 Å². The first-order valence-electron chi connectivity index (χ1n) is 7.52. The molecular weight excluding hydrogens is 262 g/mol. The number of nitrogens with one attached hydrogen (secondary N) is 1. The minimum Gasteiger partial charge on any atom is -0.371 e. The van der Waals surface area contributed by atoms with Gasteiger partial charge < -0.3 is 10.2 Å². The Balaban J connectivity index is 1.87. The highest BCUT2D eigenvalue weighted by atomic mass is 16.1. The van der Waals surface area contributed by atoms with Crippen LogP contribution in [0.4, 0.5) is 5.69 Å². The Hall–Kier alpha value is -2.10. The maximum Gasteiger partial charge on any atom is 0.222 e. The lowest BCUT2D eigenvalue weighted by atomic mass is 9.95. The number of aromatic nitrogens is 1. The summed E-state index contributed by atoms with van der Waals surface area (Å²) in [6.07, 6.45) is 1.82. The predicted octanol–water partition coefficient (Wildman–Crippen LogP) is 2.51. The van der Waals surface area contributed by atoms with E-state index in [1.807, 2.05) is 13.0 Å². The van der Waals surface area contributed by atoms with Crippen molar-refractivity contribution in [3.8, 4) is 0 Å². The van der Waals surface area contributed by atoms with Crippen LogP contribution in [0.2, 0.25) is 0 Å². The second-order valence-corrected chi connectivity index (χ2v) is 5.68. The SMILES string of the molecule is CNC(=O)C1CCN(c2cc(C)nc3ccccc23)CC1. The lowest BCUT2D eigenvalue weighted by Gasteiger charge is -2.33. The number of pyridine rings is 1. The van der Waals surface area contributed by atoms with Crippen LogP contribution in [-0.2, 0) is 4.79 Å². The van der Waals surface area contributed by atoms with Gasteiger partial charge in [-0.05, 0) is 31.9 Å². The van der Waals surface area contributed by atoms with Crippen LogP contribution in [0.5, 0.6) is 0 Å². The van der Waals surface area contributed by atoms with Crippen LogP contribution < -0.4 is 10.2 Å². The van der Waals surface area contributed by atoms with E-state index in [0.29, 0.717) is 0 Å². The highest BCUT2D eigenvalue weighted by Gasteiger charge is 2.25. The summed E-state index contributed by atoms with van der Waals surface area (Å²) in [6.45, 7) is 3.88. The van der Waals surface area contributed by atoms with Crippen molar-refractivity contribution in [3.63, 3.8) is 0 Å². The summed E-state index contributed by atoms with van der Waals surface area (Å²) >= 11 is 0. The number of rotatable bonds is 2. The Morgan fingerprint density at radius 2 is 2.00 bits per heavy atom. The summed E-state index contributed by atoms with van der Waals surface area (Å²) in [5, 5.41) is 3.96. The van der Waals surface area contributed by atoms with Gasteiger partial charge in [-0.3, -0.25) is 9.78 Å². The molecular formula is C17H21N3O. The van der Waals surface area contributed by atoms with Crippen molar-refractivity contribution >= 4 is 22.5 Å². The minimum atomic E-state index is 0.153. The Morgan fingerprint density at radius 1 is 1.29 bits per heavy atom. The Morgan fingerprint density at radius 3 is 2.71 bits per heavy atom. The average molecular weight is 283 g/mol. The van der Waals surface area contributed by atoms with Gasteiger partial charge >= 0.3 is 0 Å². The molecule has 1 aromatic heterocycles. The zero-order valence-electron chi connectivity index (χ0n) is 12.6. The fraction of sp³-hybridized carbons (Fsp3) is 0.412. The van der Waals surface area contributed by atoms with E-state index >= 15 is 0 Å². The van der Waals surface area contributed by atoms with Gasteiger partial charge in [0, 0.05) is 42.8 Å². The van der Waals surface area contributed by atoms with Gasteiger partial charge in [0.25, 0.3) is 0 Å². The molecule has 2 heterocycles. The summed E-state index contributed by atoms with van der Waals surface area (Å²) < 4.78 is 0. The Kier molecular flexibility index (Phi) is 3.78. The number of nitrogens with zero attached hydrogens (tertiary/aromatic N) is 2. The van der Waals surface area contributed by atoms with Crippen LogP contribution in [0.1, 0.15) is 18.5 Å². The normalized spacial score (nSPS) is 16.2. The molecule has 1 fully saturated rings. The molecule has 3 rings (SSSR count). The van der Waals surface area contributed by atoms with Crippen LogP contribution in [0.25, 0.3) is 10.9 Å². The molecule has 2 aromatic rings. The molecule has 1 aliphatic heterocycles. The second kappa shape index (κ2) is 5.72. The van der Waals surface area contributed by atoms with Crippen molar-refractivity contribution in [1.29, 1.82) is 0 Å². The molecule has 4 nitrogen and oxygen atoms in total. The van der Waals surface area contributed by atoms with Crippen molar-refractivity contribution in [2.45, 2.75) is 19.8 Å². The molecule has 0 spiro atoms. The van der Waals surface area contributed by atoms with E-state index in [0.717, 1.165) is 37.1 Å². The zero-order chi connectivity index (χ0) is 14.8. The van der Waals surface area contributed by atoms with Gasteiger partial charge in [-0.15, -0.1) is 0 Å². The van der Waals surface area contributed by atoms with Gasteiger partial charge in [-0.1, -0.05) is 18.2 Å². The van der Waals surface area contributed by atoms with E-state index in [1.54, 1.807) is 7.05 Å². The third-order valence-corrected chi connectivity index (χ3v) is 4.28. The number of anilines is 1. The number of aryl methyl sites for hydroxylation is 1. The van der Waals surface area contributed by atoms with Crippen LogP contribution in [-0.4, -0.2) is 31.0 Å². The van der Waals surface area contributed by atoms with Crippen molar-refractivity contribution < 1.29 is 4.79 Å². The first-order valence-corrected chi connectivity index (χ1v) is 7.52. The molecule has 1 amide bonds. The molecule has 1 N–H and O–H groups in total. The number of fused-ring (bicyclic) bond motifs is 1. The topological polar surface area (TPSA) is 45.2 Å². The van der Waals surface area contributed by atoms with E-state index < -0.39 is 0 Å². The summed E-state index contributed by atoms with van der Waals surface area (Å²) in [4.78, 5) is 18.7. The van der Waals surface area contributed by atoms with E-state index in [1.165, 1.54) is 11.1 Å². The maximum absolute atomic E-state index is 11.7. The lowest BCUT2D eigenvalue weighted by Crippen LogP contribution is -2.39. The predicted molar refractivity (Wildman–Crippen MR) is 85.5 cm³/mol. The van der Waals surface area contributed by atoms with E-state index in [4.69, 9.17) is 0 Å². The number of hydrogen-bond donors (Lipinski definition) is 1. The number of para-hydroxylation sites is 1. The molecule has 21 heavy (non-hydrogen) atoms. The number of carbonyl (C=O) groups is 1. The van der Waals surface area contributed by atoms with Gasteiger partial charge in [0.1, 0.15) is 0 Å². The quantitative estimate of drug-likeness (QED) is 0.921. The second-order valence-electron chi connectivity index (χ2n) is 5.68. The van der Waals surface area contributed by atoms with Crippen LogP contribution in [0.15, 0.2) is 30.3 Å². The molecule has 0 bridgehead atoms. The molecule has 110 valence electrons. The summed E-state index contributed by atoms with van der Waals surface area (Å²) in [6, 6.07) is 10.4. The maximum atomic E-state index is 11.7. The van der Waals surface area contributed by atoms with E-state index in [2.05, 4.69) is 39.5 Å². The fourth-order valence-corrected chi connectivity index (χ4v) is 3.13. The number of benzene rings is 1. The molecule has 0 radical (unpaired) electrons. The number of carbonyl (C=O) groups excluding carboxylic acids is 1. The zero-order valence-corrected chi connectivity index (χ0v) is 12.6. The molecule has 1 aromatic carbocycles. The van der Waals surface area contributed by atoms with E-state index in [-0.39, 0.29) is 11.8 Å². The lowest BCUT2D eigenvalue weighted by molar-refractivity contribution is -0.125. The molecule has 0 saturated carbocycles. The number of piperidine rings is 1. The number of hydrogen-bond acceptors (Lipinski definition) is 3. The summed E-state index contributed by atoms with van der Waals surface area (Å²) in [5.74, 6) is 0.325. The third kappa shape index (κ3) is 2.71. The first-order chi connectivity index (χ1) is 10.2. The van der Waals surface area contributed by atoms with Crippen molar-refractivity contribution in [2.24, 2.45) is 5.92 Å². The third-order valence-electron chi connectivity index (χ3n) is 4.28. The van der Waals surface area contributed by atoms with Crippen LogP contribution >= 0.6 is 0 Å². The standard InChI is InChI=1S/C17H21N3O/c1-12-11-16(14-5-3-4-6-15(14)19-12)20-9-7-13(8-10-20)17(21)18-2/h3-6,11,13H,7-10H2,1-2H3,(H,18,21). The minimum absolute atomic E-state index is 0.153. The molecule has 1 aliphatic rings. The van der Waals surface area contributed by atoms with Crippen LogP contribution in [0, 0.1) is 12.8 Å². The molecule has 0 aliphatic carbocycles. The van der Waals surface area contributed by atoms with Gasteiger partial charge in [-0.2, -0.15) is 0 Å². The monoisotopic (exact) mass is 283 g/mol. The average Bonchev–Trinajstić information content (AvgIpc) is 2.53. The van der Waals surface area contributed by atoms with Gasteiger partial charge in [0.15, 0.2) is 0 Å². The molecule has 1 saturated heterocycles. The highest BCUT2D eigenvalue weighted by molar-refractivity contribution is 5.92. The van der Waals surface area contributed by atoms with Gasteiger partial charge in [0.05, 0.1) is 5.52 Å². The number of amides is 1. The molecule has 4 heteroatoms. The molecule has 0 unspecified atom stereocenters. The van der Waals surface area contributed by atoms with E-state index in [9.17, 15) is 4.79 Å². The van der Waals surface area contributed by atoms with Crippen molar-refractivity contribution in [2.75, 3.05) is 25.0 Å². The Labute approximate surface area is 125 Å². The summed E-state index contributed by atoms with van der Waals surface area (Å²) in [7, 11) is 1.72. The van der Waals surface area contributed by atoms with Crippen molar-refractivity contribution in [3.05, 3.63) is 36.0 Å². The van der Waals surface area contributed by atoms with Crippen molar-refractivity contribution in [1.82, 2.24) is 10.3 Å². The highest BCUT2D eigenvalue weighted by Crippen LogP contribution is 2.30. The van der Waals surface area contributed by atoms with Gasteiger partial charge in [-0.25, -0.2) is 0 Å². The fourth-order valence-electron chi connectivity index (χ4n) is 3.13.